The van der Waals surface area contributed by atoms with Gasteiger partial charge in [0.05, 0.1) is 0 Å². The number of carbonyl (C=O) groups is 2. The summed E-state index contributed by atoms with van der Waals surface area (Å²) in [6, 6.07) is 0. The monoisotopic (exact) mass is 186 g/mol. The quantitative estimate of drug-likeness (QED) is 0.446. The summed E-state index contributed by atoms with van der Waals surface area (Å²) in [5.74, 6) is 0. The van der Waals surface area contributed by atoms with Gasteiger partial charge in [-0.25, -0.2) is 0 Å². The molecule has 0 spiro atoms. The van der Waals surface area contributed by atoms with Crippen LogP contribution in [0.25, 0.3) is 0 Å². The maximum Gasteiger partial charge on any atom is 0.290 e. The van der Waals surface area contributed by atoms with Crippen LogP contribution in [0.2, 0.25) is 6.55 Å². The summed E-state index contributed by atoms with van der Waals surface area (Å²) in [5.41, 5.74) is 1.68. The Morgan fingerprint density at radius 2 is 1.50 bits per heavy atom. The second kappa shape index (κ2) is 4.06. The molecular weight excluding hydrogens is 172 g/mol. The van der Waals surface area contributed by atoms with Crippen molar-refractivity contribution < 1.29 is 9.59 Å². The van der Waals surface area contributed by atoms with E-state index in [1.807, 2.05) is 6.55 Å². The molecule has 0 fully saturated rings. The van der Waals surface area contributed by atoms with Crippen molar-refractivity contribution in [3.05, 3.63) is 12.3 Å². The van der Waals surface area contributed by atoms with Crippen LogP contribution in [0.5, 0.6) is 0 Å². The van der Waals surface area contributed by atoms with Gasteiger partial charge in [-0.1, -0.05) is 5.70 Å². The largest absolute Gasteiger partial charge is 0.354 e. The van der Waals surface area contributed by atoms with Gasteiger partial charge in [-0.2, -0.15) is 0 Å². The minimum Gasteiger partial charge on any atom is -0.354 e. The van der Waals surface area contributed by atoms with Gasteiger partial charge in [0.15, 0.2) is 0 Å². The molecule has 0 atom stereocenters. The lowest BCUT2D eigenvalue weighted by Gasteiger charge is -2.36. The first-order valence-electron chi connectivity index (χ1n) is 3.53. The molecule has 4 nitrogen and oxygen atoms in total. The van der Waals surface area contributed by atoms with Crippen molar-refractivity contribution in [1.29, 1.82) is 0 Å². The Bertz CT molecular complexity index is 182. The minimum absolute atomic E-state index is 0.716. The summed E-state index contributed by atoms with van der Waals surface area (Å²) in [6.07, 6.45) is 1.43. The predicted molar refractivity (Wildman–Crippen MR) is 49.5 cm³/mol. The maximum atomic E-state index is 10.5. The van der Waals surface area contributed by atoms with Crippen molar-refractivity contribution in [2.24, 2.45) is 0 Å². The van der Waals surface area contributed by atoms with Crippen molar-refractivity contribution in [2.45, 2.75) is 6.55 Å². The molecule has 0 aliphatic rings. The van der Waals surface area contributed by atoms with E-state index in [-0.39, 0.29) is 0 Å². The lowest BCUT2D eigenvalue weighted by molar-refractivity contribution is -0.115. The van der Waals surface area contributed by atoms with E-state index in [1.165, 1.54) is 9.13 Å². The lowest BCUT2D eigenvalue weighted by atomic mass is 11.2. The van der Waals surface area contributed by atoms with Crippen LogP contribution in [-0.2, 0) is 9.59 Å². The van der Waals surface area contributed by atoms with Crippen molar-refractivity contribution >= 4 is 21.2 Å². The minimum atomic E-state index is -2.24. The Morgan fingerprint density at radius 3 is 1.67 bits per heavy atom. The molecule has 68 valence electrons. The average Bonchev–Trinajstić information content (AvgIpc) is 2.13. The van der Waals surface area contributed by atoms with Gasteiger partial charge in [0.2, 0.25) is 12.8 Å². The smallest absolute Gasteiger partial charge is 0.290 e. The first-order chi connectivity index (χ1) is 5.52. The number of amides is 2. The van der Waals surface area contributed by atoms with Gasteiger partial charge < -0.3 is 9.13 Å². The number of hydrogen-bond donors (Lipinski definition) is 0. The molecule has 0 heterocycles. The molecule has 0 saturated carbocycles. The SMILES string of the molecule is C=C[Si](C)(N(C)C=O)N(C)C=O. The Balaban J connectivity index is 4.76. The standard InChI is InChI=1S/C7H14N2O2Si/c1-5-12(4,8(2)6-10)9(3)7-11/h5-7H,1H2,2-4H3. The second-order valence-corrected chi connectivity index (χ2v) is 6.74. The van der Waals surface area contributed by atoms with Gasteiger partial charge in [0.25, 0.3) is 8.40 Å². The fourth-order valence-corrected chi connectivity index (χ4v) is 2.25. The van der Waals surface area contributed by atoms with Crippen LogP contribution in [0.3, 0.4) is 0 Å². The van der Waals surface area contributed by atoms with E-state index in [9.17, 15) is 9.59 Å². The second-order valence-electron chi connectivity index (χ2n) is 2.73. The molecule has 0 aromatic carbocycles. The van der Waals surface area contributed by atoms with Gasteiger partial charge in [0.1, 0.15) is 0 Å². The molecule has 0 bridgehead atoms. The molecule has 0 radical (unpaired) electrons. The summed E-state index contributed by atoms with van der Waals surface area (Å²) < 4.78 is 3.02. The third kappa shape index (κ3) is 1.73. The summed E-state index contributed by atoms with van der Waals surface area (Å²) in [4.78, 5) is 21.0. The zero-order valence-electron chi connectivity index (χ0n) is 7.65. The highest BCUT2D eigenvalue weighted by Gasteiger charge is 2.33. The van der Waals surface area contributed by atoms with Gasteiger partial charge in [0, 0.05) is 14.1 Å². The van der Waals surface area contributed by atoms with E-state index in [0.29, 0.717) is 12.8 Å². The highest BCUT2D eigenvalue weighted by atomic mass is 28.3. The zero-order valence-corrected chi connectivity index (χ0v) is 8.65. The molecule has 0 unspecified atom stereocenters. The van der Waals surface area contributed by atoms with Gasteiger partial charge >= 0.3 is 0 Å². The van der Waals surface area contributed by atoms with E-state index < -0.39 is 8.40 Å². The van der Waals surface area contributed by atoms with Crippen LogP contribution in [0.15, 0.2) is 12.3 Å². The summed E-state index contributed by atoms with van der Waals surface area (Å²) >= 11 is 0. The van der Waals surface area contributed by atoms with Crippen molar-refractivity contribution in [1.82, 2.24) is 9.13 Å². The number of carbonyl (C=O) groups excluding carboxylic acids is 2. The Morgan fingerprint density at radius 1 is 1.17 bits per heavy atom. The molecule has 0 rings (SSSR count). The molecular formula is C7H14N2O2Si. The molecule has 12 heavy (non-hydrogen) atoms. The predicted octanol–water partition coefficient (Wildman–Crippen LogP) is -0.0400. The fourth-order valence-electron chi connectivity index (χ4n) is 0.750. The van der Waals surface area contributed by atoms with E-state index in [0.717, 1.165) is 0 Å². The van der Waals surface area contributed by atoms with Crippen molar-refractivity contribution in [3.63, 3.8) is 0 Å². The average molecular weight is 186 g/mol. The molecule has 0 N–H and O–H groups in total. The van der Waals surface area contributed by atoms with Gasteiger partial charge in [-0.3, -0.25) is 9.59 Å². The molecule has 2 amide bonds. The first-order valence-corrected chi connectivity index (χ1v) is 6.00. The van der Waals surface area contributed by atoms with E-state index in [2.05, 4.69) is 6.58 Å². The normalized spacial score (nSPS) is 10.2. The lowest BCUT2D eigenvalue weighted by Crippen LogP contribution is -2.58. The molecule has 0 aliphatic heterocycles. The number of nitrogens with zero attached hydrogens (tertiary/aromatic N) is 2. The molecule has 0 aliphatic carbocycles. The topological polar surface area (TPSA) is 40.6 Å². The van der Waals surface area contributed by atoms with Gasteiger partial charge in [-0.15, -0.1) is 6.58 Å². The number of rotatable bonds is 5. The molecule has 0 aromatic rings. The highest BCUT2D eigenvalue weighted by Crippen LogP contribution is 2.09. The molecule has 5 heteroatoms. The van der Waals surface area contributed by atoms with E-state index in [1.54, 1.807) is 19.8 Å². The summed E-state index contributed by atoms with van der Waals surface area (Å²) in [5, 5.41) is 0. The maximum absolute atomic E-state index is 10.5. The van der Waals surface area contributed by atoms with Crippen LogP contribution in [0, 0.1) is 0 Å². The highest BCUT2D eigenvalue weighted by molar-refractivity contribution is 6.80. The van der Waals surface area contributed by atoms with Crippen LogP contribution < -0.4 is 0 Å². The van der Waals surface area contributed by atoms with Crippen molar-refractivity contribution in [2.75, 3.05) is 14.1 Å². The number of hydrogen-bond acceptors (Lipinski definition) is 2. The van der Waals surface area contributed by atoms with E-state index in [4.69, 9.17) is 0 Å². The molecule has 0 aromatic heterocycles. The first kappa shape index (κ1) is 10.9. The van der Waals surface area contributed by atoms with Crippen LogP contribution in [0.4, 0.5) is 0 Å². The Hall–Kier alpha value is -1.10. The van der Waals surface area contributed by atoms with E-state index >= 15 is 0 Å². The fraction of sp³-hybridized carbons (Fsp3) is 0.429. The van der Waals surface area contributed by atoms with Crippen LogP contribution in [0.1, 0.15) is 0 Å². The molecule has 0 saturated heterocycles. The Labute approximate surface area is 73.6 Å². The third-order valence-corrected chi connectivity index (χ3v) is 5.97. The van der Waals surface area contributed by atoms with Crippen LogP contribution in [-0.4, -0.2) is 44.4 Å². The third-order valence-electron chi connectivity index (χ3n) is 2.13. The van der Waals surface area contributed by atoms with Gasteiger partial charge in [-0.05, 0) is 6.55 Å². The summed E-state index contributed by atoms with van der Waals surface area (Å²) in [6.45, 7) is 5.50. The van der Waals surface area contributed by atoms with Crippen LogP contribution >= 0.6 is 0 Å². The summed E-state index contributed by atoms with van der Waals surface area (Å²) in [7, 11) is 1.07. The Kier molecular flexibility index (Phi) is 3.68. The zero-order chi connectivity index (χ0) is 9.78. The van der Waals surface area contributed by atoms with Crippen molar-refractivity contribution in [3.8, 4) is 0 Å².